The van der Waals surface area contributed by atoms with Gasteiger partial charge in [0.1, 0.15) is 0 Å². The molecule has 0 aliphatic carbocycles. The molecule has 0 rings (SSSR count). The molecule has 3 heteroatoms. The van der Waals surface area contributed by atoms with Gasteiger partial charge < -0.3 is 5.11 Å². The lowest BCUT2D eigenvalue weighted by Gasteiger charge is -2.17. The Morgan fingerprint density at radius 3 is 1.78 bits per heavy atom. The van der Waals surface area contributed by atoms with Crippen molar-refractivity contribution >= 4 is 17.7 Å². The minimum absolute atomic E-state index is 0.337. The molecule has 0 aromatic rings. The molecule has 0 aliphatic heterocycles. The Kier molecular flexibility index (Phi) is 10.6. The van der Waals surface area contributed by atoms with Crippen molar-refractivity contribution in [2.45, 2.75) is 83.3 Å². The maximum absolute atomic E-state index is 10.3. The lowest BCUT2D eigenvalue weighted by molar-refractivity contribution is -0.137. The smallest absolute Gasteiger partial charge is 0.303 e. The van der Waals surface area contributed by atoms with Gasteiger partial charge in [-0.2, -0.15) is 11.8 Å². The fourth-order valence-electron chi connectivity index (χ4n) is 1.82. The molecule has 0 aromatic carbocycles. The van der Waals surface area contributed by atoms with Crippen LogP contribution in [0, 0.1) is 0 Å². The van der Waals surface area contributed by atoms with Crippen molar-refractivity contribution < 1.29 is 9.90 Å². The van der Waals surface area contributed by atoms with Crippen molar-refractivity contribution in [2.75, 3.05) is 5.75 Å². The summed E-state index contributed by atoms with van der Waals surface area (Å²) in [6.07, 6.45) is 10.1. The number of hydrogen-bond donors (Lipinski definition) is 1. The molecule has 0 atom stereocenters. The van der Waals surface area contributed by atoms with Gasteiger partial charge >= 0.3 is 5.97 Å². The summed E-state index contributed by atoms with van der Waals surface area (Å²) < 4.78 is 0.407. The van der Waals surface area contributed by atoms with Gasteiger partial charge in [-0.1, -0.05) is 59.3 Å². The van der Waals surface area contributed by atoms with Gasteiger partial charge in [-0.15, -0.1) is 0 Å². The molecular formula is C15H30O2S. The molecule has 0 aliphatic rings. The van der Waals surface area contributed by atoms with Crippen LogP contribution in [-0.2, 0) is 4.79 Å². The number of aliphatic carboxylic acids is 1. The van der Waals surface area contributed by atoms with E-state index in [9.17, 15) is 4.79 Å². The van der Waals surface area contributed by atoms with E-state index in [2.05, 4.69) is 32.5 Å². The Bertz CT molecular complexity index is 209. The maximum Gasteiger partial charge on any atom is 0.303 e. The van der Waals surface area contributed by atoms with E-state index in [1.54, 1.807) is 0 Å². The fourth-order valence-corrected chi connectivity index (χ4v) is 2.78. The molecule has 0 saturated heterocycles. The molecule has 108 valence electrons. The molecule has 0 aromatic heterocycles. The van der Waals surface area contributed by atoms with Crippen LogP contribution in [0.2, 0.25) is 0 Å². The van der Waals surface area contributed by atoms with Gasteiger partial charge in [0, 0.05) is 11.2 Å². The van der Waals surface area contributed by atoms with Crippen LogP contribution in [0.25, 0.3) is 0 Å². The number of thioether (sulfide) groups is 1. The van der Waals surface area contributed by atoms with E-state index in [1.165, 1.54) is 44.3 Å². The van der Waals surface area contributed by atoms with Crippen molar-refractivity contribution in [3.63, 3.8) is 0 Å². The third-order valence-corrected chi connectivity index (χ3v) is 4.18. The van der Waals surface area contributed by atoms with Crippen LogP contribution in [0.1, 0.15) is 78.6 Å². The first-order chi connectivity index (χ1) is 8.42. The predicted molar refractivity (Wildman–Crippen MR) is 81.4 cm³/mol. The SMILES string of the molecule is CC(C)(C)SCCCCCCCCCCC(=O)O. The number of carbonyl (C=O) groups is 1. The summed E-state index contributed by atoms with van der Waals surface area (Å²) in [4.78, 5) is 10.3. The Hall–Kier alpha value is -0.180. The first kappa shape index (κ1) is 17.8. The highest BCUT2D eigenvalue weighted by atomic mass is 32.2. The number of carboxylic acids is 1. The minimum atomic E-state index is -0.661. The van der Waals surface area contributed by atoms with Crippen LogP contribution in [0.4, 0.5) is 0 Å². The summed E-state index contributed by atoms with van der Waals surface area (Å²) in [6.45, 7) is 6.82. The van der Waals surface area contributed by atoms with Gasteiger partial charge in [0.05, 0.1) is 0 Å². The van der Waals surface area contributed by atoms with Crippen LogP contribution >= 0.6 is 11.8 Å². The van der Waals surface area contributed by atoms with E-state index in [0.717, 1.165) is 12.8 Å². The number of rotatable bonds is 11. The van der Waals surface area contributed by atoms with Gasteiger partial charge in [0.25, 0.3) is 0 Å². The maximum atomic E-state index is 10.3. The first-order valence-electron chi connectivity index (χ1n) is 7.27. The highest BCUT2D eigenvalue weighted by molar-refractivity contribution is 8.00. The molecule has 0 saturated carbocycles. The minimum Gasteiger partial charge on any atom is -0.481 e. The number of carboxylic acid groups (broad SMARTS) is 1. The summed E-state index contributed by atoms with van der Waals surface area (Å²) in [5, 5.41) is 8.49. The van der Waals surface area contributed by atoms with E-state index in [1.807, 2.05) is 0 Å². The summed E-state index contributed by atoms with van der Waals surface area (Å²) in [6, 6.07) is 0. The summed E-state index contributed by atoms with van der Waals surface area (Å²) >= 11 is 2.06. The zero-order valence-electron chi connectivity index (χ0n) is 12.3. The molecule has 0 bridgehead atoms. The Morgan fingerprint density at radius 1 is 0.889 bits per heavy atom. The zero-order chi connectivity index (χ0) is 13.9. The highest BCUT2D eigenvalue weighted by Crippen LogP contribution is 2.24. The van der Waals surface area contributed by atoms with Crippen molar-refractivity contribution in [2.24, 2.45) is 0 Å². The van der Waals surface area contributed by atoms with Crippen LogP contribution < -0.4 is 0 Å². The molecule has 0 heterocycles. The quantitative estimate of drug-likeness (QED) is 0.532. The predicted octanol–water partition coefficient (Wildman–Crippen LogP) is 5.11. The molecule has 0 amide bonds. The third-order valence-electron chi connectivity index (χ3n) is 2.82. The largest absolute Gasteiger partial charge is 0.481 e. The summed E-state index contributed by atoms with van der Waals surface area (Å²) in [7, 11) is 0. The monoisotopic (exact) mass is 274 g/mol. The first-order valence-corrected chi connectivity index (χ1v) is 8.26. The van der Waals surface area contributed by atoms with E-state index in [0.29, 0.717) is 11.2 Å². The van der Waals surface area contributed by atoms with Crippen LogP contribution in [0.5, 0.6) is 0 Å². The Labute approximate surface area is 117 Å². The van der Waals surface area contributed by atoms with Gasteiger partial charge in [0.2, 0.25) is 0 Å². The number of hydrogen-bond acceptors (Lipinski definition) is 2. The molecular weight excluding hydrogens is 244 g/mol. The molecule has 18 heavy (non-hydrogen) atoms. The second kappa shape index (κ2) is 10.7. The van der Waals surface area contributed by atoms with Crippen molar-refractivity contribution in [3.8, 4) is 0 Å². The van der Waals surface area contributed by atoms with E-state index < -0.39 is 5.97 Å². The van der Waals surface area contributed by atoms with E-state index in [4.69, 9.17) is 5.11 Å². The third kappa shape index (κ3) is 15.8. The number of unbranched alkanes of at least 4 members (excludes halogenated alkanes) is 7. The second-order valence-corrected chi connectivity index (χ2v) is 7.85. The van der Waals surface area contributed by atoms with Gasteiger partial charge in [-0.25, -0.2) is 0 Å². The molecule has 0 radical (unpaired) electrons. The van der Waals surface area contributed by atoms with Gasteiger partial charge in [-0.3, -0.25) is 4.79 Å². The van der Waals surface area contributed by atoms with Crippen molar-refractivity contribution in [3.05, 3.63) is 0 Å². The standard InChI is InChI=1S/C15H30O2S/c1-15(2,3)18-13-11-9-7-5-4-6-8-10-12-14(16)17/h4-13H2,1-3H3,(H,16,17). The molecule has 0 fully saturated rings. The molecule has 1 N–H and O–H groups in total. The zero-order valence-corrected chi connectivity index (χ0v) is 13.2. The van der Waals surface area contributed by atoms with Gasteiger partial charge in [-0.05, 0) is 18.6 Å². The molecule has 2 nitrogen and oxygen atoms in total. The molecule has 0 unspecified atom stereocenters. The Balaban J connectivity index is 3.06. The highest BCUT2D eigenvalue weighted by Gasteiger charge is 2.08. The average molecular weight is 274 g/mol. The fraction of sp³-hybridized carbons (Fsp3) is 0.933. The van der Waals surface area contributed by atoms with Crippen molar-refractivity contribution in [1.82, 2.24) is 0 Å². The lowest BCUT2D eigenvalue weighted by Crippen LogP contribution is -2.08. The summed E-state index contributed by atoms with van der Waals surface area (Å²) in [5.41, 5.74) is 0. The normalized spacial score (nSPS) is 11.7. The summed E-state index contributed by atoms with van der Waals surface area (Å²) in [5.74, 6) is 0.619. The van der Waals surface area contributed by atoms with Crippen LogP contribution in [0.15, 0.2) is 0 Å². The van der Waals surface area contributed by atoms with Crippen LogP contribution in [-0.4, -0.2) is 21.6 Å². The van der Waals surface area contributed by atoms with E-state index >= 15 is 0 Å². The van der Waals surface area contributed by atoms with Crippen LogP contribution in [0.3, 0.4) is 0 Å². The topological polar surface area (TPSA) is 37.3 Å². The van der Waals surface area contributed by atoms with E-state index in [-0.39, 0.29) is 0 Å². The Morgan fingerprint density at radius 2 is 1.33 bits per heavy atom. The average Bonchev–Trinajstić information content (AvgIpc) is 2.24. The molecule has 0 spiro atoms. The second-order valence-electron chi connectivity index (χ2n) is 5.93. The lowest BCUT2D eigenvalue weighted by atomic mass is 10.1. The van der Waals surface area contributed by atoms with Gasteiger partial charge in [0.15, 0.2) is 0 Å². The van der Waals surface area contributed by atoms with Crippen molar-refractivity contribution in [1.29, 1.82) is 0 Å².